The fourth-order valence-electron chi connectivity index (χ4n) is 10.5. The van der Waals surface area contributed by atoms with Gasteiger partial charge in [-0.15, -0.1) is 0 Å². The van der Waals surface area contributed by atoms with Gasteiger partial charge in [0.1, 0.15) is 0 Å². The van der Waals surface area contributed by atoms with Crippen LogP contribution in [0.4, 0.5) is 0 Å². The van der Waals surface area contributed by atoms with Crippen LogP contribution in [0.3, 0.4) is 0 Å². The van der Waals surface area contributed by atoms with Crippen molar-refractivity contribution < 1.29 is 83.9 Å². The highest BCUT2D eigenvalue weighted by molar-refractivity contribution is 6.02. The van der Waals surface area contributed by atoms with E-state index in [4.69, 9.17) is 9.73 Å². The van der Waals surface area contributed by atoms with Gasteiger partial charge in [0.15, 0.2) is 5.60 Å². The minimum absolute atomic E-state index is 0.0103. The summed E-state index contributed by atoms with van der Waals surface area (Å²) in [5, 5.41) is 101. The maximum absolute atomic E-state index is 13.5. The first kappa shape index (κ1) is 46.7. The van der Waals surface area contributed by atoms with E-state index in [1.165, 1.54) is 26.0 Å². The molecule has 2 aromatic rings. The van der Waals surface area contributed by atoms with Crippen LogP contribution >= 0.6 is 0 Å². The van der Waals surface area contributed by atoms with E-state index >= 15 is 0 Å². The van der Waals surface area contributed by atoms with E-state index in [1.54, 1.807) is 0 Å². The first-order valence-electron chi connectivity index (χ1n) is 20.4. The fourth-order valence-corrected chi connectivity index (χ4v) is 10.5. The zero-order valence-corrected chi connectivity index (χ0v) is 34.9. The monoisotopic (exact) mass is 887 g/mol. The summed E-state index contributed by atoms with van der Waals surface area (Å²) in [5.74, 6) is -14.0. The van der Waals surface area contributed by atoms with E-state index in [0.717, 1.165) is 6.92 Å². The van der Waals surface area contributed by atoms with Gasteiger partial charge in [0.25, 0.3) is 0 Å². The number of ether oxygens (including phenoxy) is 1. The number of nitrogens with one attached hydrogen (secondary N) is 3. The third kappa shape index (κ3) is 8.38. The number of carboxylic acid groups (broad SMARTS) is 7. The van der Waals surface area contributed by atoms with Crippen LogP contribution in [0.15, 0.2) is 22.5 Å². The van der Waals surface area contributed by atoms with E-state index < -0.39 is 140 Å². The van der Waals surface area contributed by atoms with E-state index in [0.29, 0.717) is 0 Å². The van der Waals surface area contributed by atoms with Crippen molar-refractivity contribution in [3.8, 4) is 0 Å². The summed E-state index contributed by atoms with van der Waals surface area (Å²) in [6.45, 7) is 4.12. The normalized spacial score (nSPS) is 27.6. The first-order valence-corrected chi connectivity index (χ1v) is 20.4. The molecule has 0 amide bonds. The van der Waals surface area contributed by atoms with Gasteiger partial charge in [-0.1, -0.05) is 13.8 Å². The maximum Gasteiger partial charge on any atom is 0.308 e. The van der Waals surface area contributed by atoms with Crippen molar-refractivity contribution in [2.75, 3.05) is 0 Å². The van der Waals surface area contributed by atoms with Crippen LogP contribution in [0.5, 0.6) is 0 Å². The maximum atomic E-state index is 13.5. The number of aliphatic imine (C=N–C) groups is 1. The second-order valence-corrected chi connectivity index (χ2v) is 17.4. The lowest BCUT2D eigenvalue weighted by molar-refractivity contribution is -0.309. The van der Waals surface area contributed by atoms with E-state index in [1.807, 2.05) is 0 Å². The van der Waals surface area contributed by atoms with Gasteiger partial charge in [0, 0.05) is 112 Å². The van der Waals surface area contributed by atoms with E-state index in [-0.39, 0.29) is 87.8 Å². The quantitative estimate of drug-likeness (QED) is 0.101. The third-order valence-corrected chi connectivity index (χ3v) is 13.3. The van der Waals surface area contributed by atoms with Crippen LogP contribution in [0.1, 0.15) is 117 Å². The van der Waals surface area contributed by atoms with Gasteiger partial charge in [-0.3, -0.25) is 4.79 Å². The van der Waals surface area contributed by atoms with Crippen molar-refractivity contribution in [2.24, 2.45) is 27.7 Å². The summed E-state index contributed by atoms with van der Waals surface area (Å²) < 4.78 is 6.01. The van der Waals surface area contributed by atoms with Crippen LogP contribution < -0.4 is 41.1 Å². The van der Waals surface area contributed by atoms with Crippen molar-refractivity contribution in [3.05, 3.63) is 62.5 Å². The summed E-state index contributed by atoms with van der Waals surface area (Å²) in [6.07, 6.45) is -4.60. The molecule has 0 aliphatic carbocycles. The van der Waals surface area contributed by atoms with E-state index in [9.17, 15) is 79.2 Å². The number of carbonyl (C=O) groups is 8. The van der Waals surface area contributed by atoms with Crippen LogP contribution in [-0.4, -0.2) is 74.3 Å². The van der Waals surface area contributed by atoms with Crippen molar-refractivity contribution in [1.82, 2.24) is 15.3 Å². The predicted octanol–water partition coefficient (Wildman–Crippen LogP) is -6.52. The summed E-state index contributed by atoms with van der Waals surface area (Å²) >= 11 is 0. The number of carbonyl (C=O) groups excluding carboxylic acids is 8. The molecule has 6 rings (SSSR count). The molecule has 2 saturated heterocycles. The molecule has 2 fully saturated rings. The van der Waals surface area contributed by atoms with Crippen molar-refractivity contribution in [3.63, 3.8) is 0 Å². The molecular formula is C43H43N4O17-7. The number of carboxylic acids is 7. The molecule has 21 nitrogen and oxygen atoms in total. The minimum atomic E-state index is -2.61. The molecule has 1 spiro atoms. The molecule has 6 heterocycles. The number of H-pyrrole nitrogens is 2. The summed E-state index contributed by atoms with van der Waals surface area (Å²) in [5.41, 5.74) is -8.47. The number of rotatable bonds is 18. The van der Waals surface area contributed by atoms with Crippen molar-refractivity contribution in [1.29, 1.82) is 0 Å². The zero-order chi connectivity index (χ0) is 47.3. The molecule has 2 aromatic heterocycles. The molecule has 64 heavy (non-hydrogen) atoms. The Morgan fingerprint density at radius 3 is 1.78 bits per heavy atom. The van der Waals surface area contributed by atoms with Crippen LogP contribution in [0.2, 0.25) is 0 Å². The highest BCUT2D eigenvalue weighted by Crippen LogP contribution is 2.64. The number of esters is 1. The van der Waals surface area contributed by atoms with Crippen molar-refractivity contribution >= 4 is 59.5 Å². The molecule has 344 valence electrons. The molecule has 0 saturated carbocycles. The second kappa shape index (κ2) is 17.1. The lowest BCUT2D eigenvalue weighted by Gasteiger charge is -2.45. The first-order chi connectivity index (χ1) is 29.8. The van der Waals surface area contributed by atoms with E-state index in [2.05, 4.69) is 15.3 Å². The molecule has 0 radical (unpaired) electrons. The topological polar surface area (TPSA) is 383 Å². The van der Waals surface area contributed by atoms with Gasteiger partial charge < -0.3 is 94.4 Å². The number of hydrogen-bond donors (Lipinski definition) is 4. The number of aliphatic hydroxyl groups is 1. The van der Waals surface area contributed by atoms with Gasteiger partial charge in [0.05, 0.1) is 17.5 Å². The molecule has 6 atom stereocenters. The van der Waals surface area contributed by atoms with Crippen LogP contribution in [0, 0.1) is 22.7 Å². The number of hydrogen-bond acceptors (Lipinski definition) is 19. The number of aromatic amines is 2. The fraction of sp³-hybridized carbons (Fsp3) is 0.512. The van der Waals surface area contributed by atoms with Gasteiger partial charge in [-0.05, 0) is 99.1 Å². The number of allylic oxidation sites excluding steroid dienone is 3. The summed E-state index contributed by atoms with van der Waals surface area (Å²) in [4.78, 5) is 110. The Bertz CT molecular complexity index is 2450. The SMILES string of the molecule is C[C@]1(O)c2[nH]c(c(CCC(=O)[O-])c2CC(=O)[O-])Cc2[nH]c(c(CC(=O)[O-])c2CCC(=O)[O-])/C=C2\NC(=CC3=N[C@]14OC(=O)C[C@@]4(C)[C@@H]3CCC(=O)[O-])[C@@](C)(CC(=O)[O-])[C@@H]2CCC(=O)[O-]. The molecule has 8 bridgehead atoms. The molecule has 21 heteroatoms. The Morgan fingerprint density at radius 2 is 1.23 bits per heavy atom. The molecular weight excluding hydrogens is 844 g/mol. The Labute approximate surface area is 363 Å². The highest BCUT2D eigenvalue weighted by atomic mass is 16.6. The minimum Gasteiger partial charge on any atom is -0.550 e. The molecule has 4 N–H and O–H groups in total. The average Bonchev–Trinajstić information content (AvgIpc) is 3.87. The Balaban J connectivity index is 1.79. The summed E-state index contributed by atoms with van der Waals surface area (Å²) in [7, 11) is 0. The average molecular weight is 888 g/mol. The Morgan fingerprint density at radius 1 is 0.703 bits per heavy atom. The number of nitrogens with zero attached hydrogens (tertiary/aromatic N) is 1. The highest BCUT2D eigenvalue weighted by Gasteiger charge is 2.74. The smallest absolute Gasteiger partial charge is 0.308 e. The van der Waals surface area contributed by atoms with Gasteiger partial charge in [-0.25, -0.2) is 4.99 Å². The van der Waals surface area contributed by atoms with Crippen molar-refractivity contribution in [2.45, 2.75) is 116 Å². The largest absolute Gasteiger partial charge is 0.550 e. The third-order valence-electron chi connectivity index (χ3n) is 13.3. The van der Waals surface area contributed by atoms with Crippen LogP contribution in [0.25, 0.3) is 6.08 Å². The Hall–Kier alpha value is -6.77. The number of fused-ring (bicyclic) bond motifs is 6. The van der Waals surface area contributed by atoms with Gasteiger partial charge >= 0.3 is 5.97 Å². The molecule has 4 aliphatic heterocycles. The van der Waals surface area contributed by atoms with Crippen LogP contribution in [-0.2, 0) is 80.8 Å². The second-order valence-electron chi connectivity index (χ2n) is 17.4. The molecule has 0 unspecified atom stereocenters. The standard InChI is InChI=1S/C43H50N4O17/c1-40(17-37(60)61)23(6-10-33(52)53)28-15-27-21(12-35(56)57)19(4-8-31(48)49)25(44-27)14-26-20(5-9-32(50)51)22(13-36(58)59)39(46-26)42(3,63)43-41(2,18-38(62)64-43)24(7-11-34(54)55)29(47-43)16-30(40)45-28/h15-16,23-24,44-46,63H,4-14,17-18H2,1-3H3,(H,48,49)(H,50,51)(H,52,53)(H,54,55)(H,56,57)(H,58,59)(H,60,61)/p-7/b28-15-,30-16?/t23-,24-,40+,41+,42+,43-/m1/s1. The van der Waals surface area contributed by atoms with Gasteiger partial charge in [-0.2, -0.15) is 0 Å². The van der Waals surface area contributed by atoms with Gasteiger partial charge in [0.2, 0.25) is 5.72 Å². The Kier molecular flexibility index (Phi) is 12.5. The number of aliphatic carboxylic acids is 7. The molecule has 4 aliphatic rings. The predicted molar refractivity (Wildman–Crippen MR) is 199 cm³/mol. The lowest BCUT2D eigenvalue weighted by atomic mass is 9.62. The summed E-state index contributed by atoms with van der Waals surface area (Å²) in [6, 6.07) is 0. The number of aromatic nitrogens is 2. The molecule has 0 aromatic carbocycles. The lowest BCUT2D eigenvalue weighted by Crippen LogP contribution is -2.57. The zero-order valence-electron chi connectivity index (χ0n) is 34.9.